The van der Waals surface area contributed by atoms with Gasteiger partial charge in [-0.3, -0.25) is 14.5 Å². The van der Waals surface area contributed by atoms with Gasteiger partial charge in [0, 0.05) is 44.1 Å². The van der Waals surface area contributed by atoms with E-state index in [9.17, 15) is 9.59 Å². The van der Waals surface area contributed by atoms with Crippen molar-refractivity contribution in [1.29, 1.82) is 0 Å². The second-order valence-corrected chi connectivity index (χ2v) is 9.95. The molecule has 8 heteroatoms. The third-order valence-corrected chi connectivity index (χ3v) is 7.82. The number of carbonyl (C=O) groups excluding carboxylic acids is 1. The molecule has 166 valence electrons. The van der Waals surface area contributed by atoms with E-state index in [1.165, 1.54) is 10.4 Å². The normalized spacial score (nSPS) is 24.0. The van der Waals surface area contributed by atoms with Crippen molar-refractivity contribution in [2.24, 2.45) is 0 Å². The van der Waals surface area contributed by atoms with Crippen molar-refractivity contribution in [3.05, 3.63) is 49.3 Å². The van der Waals surface area contributed by atoms with Crippen molar-refractivity contribution in [3.8, 4) is 0 Å². The first-order valence-electron chi connectivity index (χ1n) is 11.4. The van der Waals surface area contributed by atoms with Crippen LogP contribution in [0.4, 0.5) is 0 Å². The van der Waals surface area contributed by atoms with Gasteiger partial charge in [-0.05, 0) is 49.6 Å². The Morgan fingerprint density at radius 3 is 3.00 bits per heavy atom. The van der Waals surface area contributed by atoms with Gasteiger partial charge in [0.05, 0.1) is 29.8 Å². The maximum atomic E-state index is 13.0. The first-order valence-corrected chi connectivity index (χ1v) is 12.2. The van der Waals surface area contributed by atoms with E-state index in [1.54, 1.807) is 11.3 Å². The van der Waals surface area contributed by atoms with E-state index in [2.05, 4.69) is 28.3 Å². The Balaban J connectivity index is 1.31. The lowest BCUT2D eigenvalue weighted by atomic mass is 10.1. The number of thiophene rings is 1. The van der Waals surface area contributed by atoms with E-state index >= 15 is 0 Å². The number of aromatic nitrogens is 2. The number of hydrogen-bond acceptors (Lipinski definition) is 6. The van der Waals surface area contributed by atoms with Gasteiger partial charge in [0.15, 0.2) is 0 Å². The molecule has 0 aromatic carbocycles. The van der Waals surface area contributed by atoms with Crippen LogP contribution in [0.5, 0.6) is 0 Å². The zero-order valence-electron chi connectivity index (χ0n) is 18.1. The van der Waals surface area contributed by atoms with Gasteiger partial charge < -0.3 is 14.6 Å². The number of fused-ring (bicyclic) bond motifs is 1. The Hall–Kier alpha value is -2.03. The molecular formula is C23H30N4O3S. The summed E-state index contributed by atoms with van der Waals surface area (Å²) in [6, 6.07) is 2.02. The molecular weight excluding hydrogens is 412 g/mol. The number of amides is 1. The lowest BCUT2D eigenvalue weighted by Crippen LogP contribution is -2.38. The minimum Gasteiger partial charge on any atom is -0.378 e. The van der Waals surface area contributed by atoms with Crippen LogP contribution in [0.2, 0.25) is 0 Å². The predicted octanol–water partition coefficient (Wildman–Crippen LogP) is 2.93. The standard InChI is InChI=1S/C23H30N4O3S/c1-15-7-11-31-20(15)14-26-9-6-18-17(13-26)23(29)25-22(24-18)19-5-2-8-27(19)21(28)12-16-4-3-10-30-16/h7,11,16,19H,2-6,8-10,12-14H2,1H3,(H,24,25,29)/t16-,19-/m1/s1. The second-order valence-electron chi connectivity index (χ2n) is 8.95. The maximum absolute atomic E-state index is 13.0. The highest BCUT2D eigenvalue weighted by molar-refractivity contribution is 7.10. The van der Waals surface area contributed by atoms with E-state index in [4.69, 9.17) is 9.72 Å². The van der Waals surface area contributed by atoms with Crippen LogP contribution in [-0.4, -0.2) is 51.5 Å². The molecule has 0 saturated carbocycles. The van der Waals surface area contributed by atoms with Gasteiger partial charge in [-0.1, -0.05) is 0 Å². The maximum Gasteiger partial charge on any atom is 0.255 e. The van der Waals surface area contributed by atoms with E-state index in [0.29, 0.717) is 18.8 Å². The molecule has 0 bridgehead atoms. The van der Waals surface area contributed by atoms with Crippen LogP contribution in [0.1, 0.15) is 65.7 Å². The number of rotatable bonds is 5. The van der Waals surface area contributed by atoms with E-state index in [-0.39, 0.29) is 23.6 Å². The van der Waals surface area contributed by atoms with Gasteiger partial charge in [0.25, 0.3) is 5.56 Å². The van der Waals surface area contributed by atoms with Crippen LogP contribution >= 0.6 is 11.3 Å². The summed E-state index contributed by atoms with van der Waals surface area (Å²) >= 11 is 1.77. The largest absolute Gasteiger partial charge is 0.378 e. The number of carbonyl (C=O) groups is 1. The van der Waals surface area contributed by atoms with Gasteiger partial charge in [-0.25, -0.2) is 4.98 Å². The van der Waals surface area contributed by atoms with Crippen LogP contribution in [-0.2, 0) is 29.0 Å². The molecule has 2 fully saturated rings. The molecule has 3 aliphatic heterocycles. The Bertz CT molecular complexity index is 1010. The summed E-state index contributed by atoms with van der Waals surface area (Å²) in [5.41, 5.74) is 2.94. The SMILES string of the molecule is Cc1ccsc1CN1CCc2nc([C@H]3CCCN3C(=O)C[C@H]3CCCO3)[nH]c(=O)c2C1. The van der Waals surface area contributed by atoms with Crippen LogP contribution in [0.25, 0.3) is 0 Å². The lowest BCUT2D eigenvalue weighted by Gasteiger charge is -2.29. The Kier molecular flexibility index (Phi) is 5.95. The van der Waals surface area contributed by atoms with E-state index in [1.807, 2.05) is 4.90 Å². The summed E-state index contributed by atoms with van der Waals surface area (Å²) in [6.07, 6.45) is 5.03. The van der Waals surface area contributed by atoms with Gasteiger partial charge in [-0.15, -0.1) is 11.3 Å². The average Bonchev–Trinajstić information content (AvgIpc) is 3.51. The molecule has 2 saturated heterocycles. The number of likely N-dealkylation sites (tertiary alicyclic amines) is 1. The fraction of sp³-hybridized carbons (Fsp3) is 0.609. The van der Waals surface area contributed by atoms with Gasteiger partial charge in [0.2, 0.25) is 5.91 Å². The van der Waals surface area contributed by atoms with Crippen molar-refractivity contribution < 1.29 is 9.53 Å². The zero-order valence-corrected chi connectivity index (χ0v) is 18.9. The number of nitrogens with zero attached hydrogens (tertiary/aromatic N) is 3. The Morgan fingerprint density at radius 1 is 1.32 bits per heavy atom. The lowest BCUT2D eigenvalue weighted by molar-refractivity contribution is -0.134. The topological polar surface area (TPSA) is 78.5 Å². The molecule has 3 aliphatic rings. The molecule has 7 nitrogen and oxygen atoms in total. The number of hydrogen-bond donors (Lipinski definition) is 1. The second kappa shape index (κ2) is 8.84. The fourth-order valence-electron chi connectivity index (χ4n) is 5.03. The summed E-state index contributed by atoms with van der Waals surface area (Å²) in [6.45, 7) is 6.01. The van der Waals surface area contributed by atoms with Crippen molar-refractivity contribution in [2.75, 3.05) is 19.7 Å². The molecule has 0 radical (unpaired) electrons. The molecule has 31 heavy (non-hydrogen) atoms. The van der Waals surface area contributed by atoms with Crippen LogP contribution in [0.15, 0.2) is 16.2 Å². The average molecular weight is 443 g/mol. The third kappa shape index (κ3) is 4.33. The molecule has 2 aromatic rings. The van der Waals surface area contributed by atoms with Gasteiger partial charge >= 0.3 is 0 Å². The molecule has 0 spiro atoms. The first-order chi connectivity index (χ1) is 15.1. The van der Waals surface area contributed by atoms with Crippen molar-refractivity contribution in [1.82, 2.24) is 19.8 Å². The zero-order chi connectivity index (χ0) is 21.4. The highest BCUT2D eigenvalue weighted by Crippen LogP contribution is 2.32. The molecule has 2 atom stereocenters. The summed E-state index contributed by atoms with van der Waals surface area (Å²) in [7, 11) is 0. The minimum absolute atomic E-state index is 0.0438. The molecule has 5 rings (SSSR count). The molecule has 1 N–H and O–H groups in total. The van der Waals surface area contributed by atoms with E-state index in [0.717, 1.165) is 69.6 Å². The van der Waals surface area contributed by atoms with E-state index < -0.39 is 0 Å². The Morgan fingerprint density at radius 2 is 2.23 bits per heavy atom. The summed E-state index contributed by atoms with van der Waals surface area (Å²) < 4.78 is 5.65. The van der Waals surface area contributed by atoms with Crippen LogP contribution in [0, 0.1) is 6.92 Å². The van der Waals surface area contributed by atoms with Crippen molar-refractivity contribution in [3.63, 3.8) is 0 Å². The number of aryl methyl sites for hydroxylation is 1. The first kappa shape index (κ1) is 20.8. The number of aromatic amines is 1. The molecule has 0 unspecified atom stereocenters. The van der Waals surface area contributed by atoms with Gasteiger partial charge in [0.1, 0.15) is 5.82 Å². The smallest absolute Gasteiger partial charge is 0.255 e. The number of H-pyrrole nitrogens is 1. The summed E-state index contributed by atoms with van der Waals surface area (Å²) in [4.78, 5) is 39.4. The molecule has 2 aromatic heterocycles. The van der Waals surface area contributed by atoms with Crippen LogP contribution < -0.4 is 5.56 Å². The molecule has 0 aliphatic carbocycles. The third-order valence-electron chi connectivity index (χ3n) is 6.82. The highest BCUT2D eigenvalue weighted by atomic mass is 32.1. The van der Waals surface area contributed by atoms with Gasteiger partial charge in [-0.2, -0.15) is 0 Å². The van der Waals surface area contributed by atoms with Crippen LogP contribution in [0.3, 0.4) is 0 Å². The van der Waals surface area contributed by atoms with Crippen molar-refractivity contribution in [2.45, 2.75) is 70.7 Å². The quantitative estimate of drug-likeness (QED) is 0.770. The van der Waals surface area contributed by atoms with Crippen molar-refractivity contribution >= 4 is 17.2 Å². The highest BCUT2D eigenvalue weighted by Gasteiger charge is 2.34. The minimum atomic E-state index is -0.126. The molecule has 5 heterocycles. The number of nitrogens with one attached hydrogen (secondary N) is 1. The monoisotopic (exact) mass is 442 g/mol. The Labute approximate surface area is 186 Å². The molecule has 1 amide bonds. The summed E-state index contributed by atoms with van der Waals surface area (Å²) in [5.74, 6) is 0.775. The summed E-state index contributed by atoms with van der Waals surface area (Å²) in [5, 5.41) is 2.12. The fourth-order valence-corrected chi connectivity index (χ4v) is 5.98. The number of ether oxygens (including phenoxy) is 1. The predicted molar refractivity (Wildman–Crippen MR) is 119 cm³/mol.